The van der Waals surface area contributed by atoms with Gasteiger partial charge in [-0.1, -0.05) is 0 Å². The minimum absolute atomic E-state index is 0.0887. The maximum atomic E-state index is 11.9. The highest BCUT2D eigenvalue weighted by atomic mass is 16.6. The fraction of sp³-hybridized carbons (Fsp3) is 0.818. The molecule has 0 bridgehead atoms. The van der Waals surface area contributed by atoms with Crippen LogP contribution in [0.5, 0.6) is 0 Å². The molecule has 0 aromatic heterocycles. The van der Waals surface area contributed by atoms with Crippen LogP contribution in [0, 0.1) is 0 Å². The summed E-state index contributed by atoms with van der Waals surface area (Å²) in [6.07, 6.45) is -0.714. The number of amides is 1. The van der Waals surface area contributed by atoms with Crippen LogP contribution >= 0.6 is 0 Å². The van der Waals surface area contributed by atoms with Crippen LogP contribution in [0.25, 0.3) is 0 Å². The van der Waals surface area contributed by atoms with E-state index in [1.165, 1.54) is 0 Å². The second kappa shape index (κ2) is 4.18. The lowest BCUT2D eigenvalue weighted by Crippen LogP contribution is -2.55. The Morgan fingerprint density at radius 2 is 1.94 bits per heavy atom. The van der Waals surface area contributed by atoms with E-state index in [-0.39, 0.29) is 6.61 Å². The molecule has 1 fully saturated rings. The van der Waals surface area contributed by atoms with E-state index in [1.807, 2.05) is 0 Å². The highest BCUT2D eigenvalue weighted by Gasteiger charge is 2.46. The zero-order valence-corrected chi connectivity index (χ0v) is 10.8. The molecule has 1 saturated heterocycles. The van der Waals surface area contributed by atoms with Gasteiger partial charge in [0.05, 0.1) is 12.6 Å². The van der Waals surface area contributed by atoms with Crippen molar-refractivity contribution in [3.05, 3.63) is 0 Å². The minimum atomic E-state index is -1.35. The normalized spacial score (nSPS) is 23.6. The molecule has 0 unspecified atom stereocenters. The molecule has 0 saturated carbocycles. The van der Waals surface area contributed by atoms with Gasteiger partial charge in [0.25, 0.3) is 0 Å². The van der Waals surface area contributed by atoms with Gasteiger partial charge >= 0.3 is 6.09 Å². The van der Waals surface area contributed by atoms with Crippen LogP contribution in [-0.4, -0.2) is 40.9 Å². The summed E-state index contributed by atoms with van der Waals surface area (Å²) >= 11 is 0. The average molecular weight is 244 g/mol. The van der Waals surface area contributed by atoms with Gasteiger partial charge in [-0.2, -0.15) is 0 Å². The number of hydrogen-bond donors (Lipinski definition) is 0. The zero-order valence-electron chi connectivity index (χ0n) is 10.8. The number of hydrogen-bond acceptors (Lipinski definition) is 5. The summed E-state index contributed by atoms with van der Waals surface area (Å²) in [6.45, 7) is 8.27. The van der Waals surface area contributed by atoms with Crippen LogP contribution in [0.2, 0.25) is 0 Å². The van der Waals surface area contributed by atoms with Crippen molar-refractivity contribution in [1.82, 2.24) is 4.90 Å². The molecule has 6 nitrogen and oxygen atoms in total. The summed E-state index contributed by atoms with van der Waals surface area (Å²) < 4.78 is 10.4. The maximum Gasteiger partial charge on any atom is 0.413 e. The Labute approximate surface area is 100 Å². The fourth-order valence-electron chi connectivity index (χ4n) is 1.63. The number of carbonyl (C=O) groups is 2. The second-order valence-electron chi connectivity index (χ2n) is 5.44. The lowest BCUT2D eigenvalue weighted by Gasteiger charge is -2.35. The van der Waals surface area contributed by atoms with Gasteiger partial charge < -0.3 is 19.4 Å². The number of carboxylic acid groups (broad SMARTS) is 1. The van der Waals surface area contributed by atoms with Gasteiger partial charge in [0.1, 0.15) is 17.4 Å². The molecule has 1 aliphatic heterocycles. The molecule has 1 heterocycles. The molecule has 17 heavy (non-hydrogen) atoms. The first-order chi connectivity index (χ1) is 7.54. The Hall–Kier alpha value is -1.30. The smallest absolute Gasteiger partial charge is 0.413 e. The van der Waals surface area contributed by atoms with Gasteiger partial charge in [0.2, 0.25) is 0 Å². The second-order valence-corrected chi connectivity index (χ2v) is 5.44. The number of nitrogens with zero attached hydrogens (tertiary/aromatic N) is 1. The summed E-state index contributed by atoms with van der Waals surface area (Å²) in [5.74, 6) is -1.35. The van der Waals surface area contributed by atoms with Gasteiger partial charge in [-0.15, -0.1) is 0 Å². The van der Waals surface area contributed by atoms with E-state index in [0.29, 0.717) is 0 Å². The van der Waals surface area contributed by atoms with E-state index in [4.69, 9.17) is 9.47 Å². The topological polar surface area (TPSA) is 78.9 Å². The summed E-state index contributed by atoms with van der Waals surface area (Å²) in [5.41, 5.74) is -1.70. The number of ether oxygens (including phenoxy) is 2. The van der Waals surface area contributed by atoms with E-state index in [0.717, 1.165) is 4.90 Å². The van der Waals surface area contributed by atoms with Crippen molar-refractivity contribution in [3.8, 4) is 0 Å². The Balaban J connectivity index is 2.90. The molecule has 1 atom stereocenters. The third kappa shape index (κ3) is 3.09. The third-order valence-electron chi connectivity index (χ3n) is 2.35. The summed E-state index contributed by atoms with van der Waals surface area (Å²) in [5, 5.41) is 10.9. The van der Waals surface area contributed by atoms with Crippen molar-refractivity contribution in [3.63, 3.8) is 0 Å². The number of aliphatic carboxylic acids is 1. The van der Waals surface area contributed by atoms with Crippen LogP contribution in [0.4, 0.5) is 4.79 Å². The standard InChI is InChI=1S/C11H19NO5/c1-10(2,3)17-9(15)12-7(8(13)14)6-16-11(12,4)5/h7H,6H2,1-5H3,(H,13,14)/p-1/t7-/m0/s1. The molecule has 0 N–H and O–H groups in total. The molecular formula is C11H18NO5-. The molecule has 6 heteroatoms. The fourth-order valence-corrected chi connectivity index (χ4v) is 1.63. The Morgan fingerprint density at radius 3 is 2.35 bits per heavy atom. The molecule has 1 aliphatic rings. The molecule has 98 valence electrons. The van der Waals surface area contributed by atoms with E-state index in [9.17, 15) is 14.7 Å². The van der Waals surface area contributed by atoms with Crippen molar-refractivity contribution in [1.29, 1.82) is 0 Å². The molecular weight excluding hydrogens is 226 g/mol. The third-order valence-corrected chi connectivity index (χ3v) is 2.35. The summed E-state index contributed by atoms with van der Waals surface area (Å²) in [7, 11) is 0. The molecule has 0 spiro atoms. The first-order valence-corrected chi connectivity index (χ1v) is 5.42. The quantitative estimate of drug-likeness (QED) is 0.654. The van der Waals surface area contributed by atoms with Crippen LogP contribution < -0.4 is 5.11 Å². The number of carboxylic acids is 1. The summed E-state index contributed by atoms with van der Waals surface area (Å²) in [4.78, 5) is 23.9. The highest BCUT2D eigenvalue weighted by Crippen LogP contribution is 2.29. The van der Waals surface area contributed by atoms with Crippen molar-refractivity contribution >= 4 is 12.1 Å². The molecule has 0 aromatic carbocycles. The van der Waals surface area contributed by atoms with Crippen LogP contribution in [0.3, 0.4) is 0 Å². The Morgan fingerprint density at radius 1 is 1.41 bits per heavy atom. The molecule has 0 radical (unpaired) electrons. The van der Waals surface area contributed by atoms with E-state index >= 15 is 0 Å². The molecule has 0 aliphatic carbocycles. The predicted octanol–water partition coefficient (Wildman–Crippen LogP) is 0.108. The Bertz CT molecular complexity index is 331. The average Bonchev–Trinajstić information content (AvgIpc) is 2.37. The largest absolute Gasteiger partial charge is 0.548 e. The van der Waals surface area contributed by atoms with E-state index < -0.39 is 29.4 Å². The number of carbonyl (C=O) groups excluding carboxylic acids is 2. The molecule has 0 aromatic rings. The van der Waals surface area contributed by atoms with E-state index in [1.54, 1.807) is 34.6 Å². The SMILES string of the molecule is CC(C)(C)OC(=O)N1[C@H](C(=O)[O-])COC1(C)C. The van der Waals surface area contributed by atoms with Crippen LogP contribution in [0.15, 0.2) is 0 Å². The molecule has 1 rings (SSSR count). The van der Waals surface area contributed by atoms with Gasteiger partial charge in [-0.3, -0.25) is 4.90 Å². The van der Waals surface area contributed by atoms with Gasteiger partial charge in [0.15, 0.2) is 0 Å². The number of rotatable bonds is 1. The lowest BCUT2D eigenvalue weighted by atomic mass is 10.2. The van der Waals surface area contributed by atoms with Gasteiger partial charge in [-0.05, 0) is 34.6 Å². The van der Waals surface area contributed by atoms with Crippen molar-refractivity contribution < 1.29 is 24.2 Å². The van der Waals surface area contributed by atoms with Crippen LogP contribution in [-0.2, 0) is 14.3 Å². The van der Waals surface area contributed by atoms with Gasteiger partial charge in [-0.25, -0.2) is 4.79 Å². The minimum Gasteiger partial charge on any atom is -0.548 e. The summed E-state index contributed by atoms with van der Waals surface area (Å²) in [6, 6.07) is -1.11. The molecule has 1 amide bonds. The monoisotopic (exact) mass is 244 g/mol. The Kier molecular flexibility index (Phi) is 3.38. The van der Waals surface area contributed by atoms with Crippen LogP contribution in [0.1, 0.15) is 34.6 Å². The predicted molar refractivity (Wildman–Crippen MR) is 56.9 cm³/mol. The highest BCUT2D eigenvalue weighted by molar-refractivity contribution is 5.80. The maximum absolute atomic E-state index is 11.9. The van der Waals surface area contributed by atoms with E-state index in [2.05, 4.69) is 0 Å². The van der Waals surface area contributed by atoms with Gasteiger partial charge in [0, 0.05) is 0 Å². The van der Waals surface area contributed by atoms with Crippen molar-refractivity contribution in [2.45, 2.75) is 52.0 Å². The van der Waals surface area contributed by atoms with Crippen molar-refractivity contribution in [2.24, 2.45) is 0 Å². The first kappa shape index (κ1) is 13.8. The first-order valence-electron chi connectivity index (χ1n) is 5.42. The van der Waals surface area contributed by atoms with Crippen molar-refractivity contribution in [2.75, 3.05) is 6.61 Å². The zero-order chi connectivity index (χ0) is 13.4. The lowest BCUT2D eigenvalue weighted by molar-refractivity contribution is -0.310.